The van der Waals surface area contributed by atoms with Crippen LogP contribution in [0.5, 0.6) is 0 Å². The van der Waals surface area contributed by atoms with Crippen molar-refractivity contribution in [2.45, 2.75) is 58.9 Å². The molecule has 0 saturated heterocycles. The van der Waals surface area contributed by atoms with E-state index >= 15 is 0 Å². The molecule has 5 heteroatoms. The van der Waals surface area contributed by atoms with Gasteiger partial charge in [-0.15, -0.1) is 0 Å². The van der Waals surface area contributed by atoms with Gasteiger partial charge in [0.1, 0.15) is 5.82 Å². The summed E-state index contributed by atoms with van der Waals surface area (Å²) in [6, 6.07) is 2.20. The van der Waals surface area contributed by atoms with Gasteiger partial charge in [-0.05, 0) is 26.0 Å². The fraction of sp³-hybridized carbons (Fsp3) is 0.529. The van der Waals surface area contributed by atoms with Crippen LogP contribution < -0.4 is 11.0 Å². The molecule has 0 aliphatic heterocycles. The van der Waals surface area contributed by atoms with Gasteiger partial charge in [0.15, 0.2) is 0 Å². The number of unbranched alkanes of at least 4 members (excludes halogenated alkanes) is 1. The maximum Gasteiger partial charge on any atom is 0.326 e. The molecule has 1 atom stereocenters. The number of fused-ring (bicyclic) bond motifs is 1. The molecule has 2 heterocycles. The molecule has 2 aromatic rings. The highest BCUT2D eigenvalue weighted by molar-refractivity contribution is 5.77. The standard InChI is InChI=1S/C17H26N4O/c1-4-7-9-13(8-5-2)21-15-11-16(18-10-6-3)19-12-14(15)20-17(21)22/h6,10-13H,4-5,7-9H2,1-3H3,(H,18,19)(H,20,22)/b10-6-. The summed E-state index contributed by atoms with van der Waals surface area (Å²) >= 11 is 0. The lowest BCUT2D eigenvalue weighted by molar-refractivity contribution is 0.417. The first-order chi connectivity index (χ1) is 10.7. The van der Waals surface area contributed by atoms with E-state index in [2.05, 4.69) is 29.1 Å². The third-order valence-electron chi connectivity index (χ3n) is 3.88. The molecular weight excluding hydrogens is 276 g/mol. The van der Waals surface area contributed by atoms with E-state index in [0.717, 1.165) is 49.0 Å². The summed E-state index contributed by atoms with van der Waals surface area (Å²) in [5.41, 5.74) is 1.70. The fourth-order valence-electron chi connectivity index (χ4n) is 2.81. The number of imidazole rings is 1. The van der Waals surface area contributed by atoms with E-state index < -0.39 is 0 Å². The Hall–Kier alpha value is -2.04. The van der Waals surface area contributed by atoms with Crippen molar-refractivity contribution in [3.05, 3.63) is 35.0 Å². The number of anilines is 1. The van der Waals surface area contributed by atoms with Crippen LogP contribution in [0.15, 0.2) is 29.3 Å². The summed E-state index contributed by atoms with van der Waals surface area (Å²) < 4.78 is 1.91. The van der Waals surface area contributed by atoms with Crippen molar-refractivity contribution in [2.75, 3.05) is 5.32 Å². The number of rotatable bonds is 8. The molecule has 0 spiro atoms. The Bertz CT molecular complexity index is 684. The SMILES string of the molecule is C/C=C\Nc1cc2c(cn1)[nH]c(=O)n2C(CCC)CCCC. The van der Waals surface area contributed by atoms with Crippen LogP contribution >= 0.6 is 0 Å². The van der Waals surface area contributed by atoms with E-state index in [-0.39, 0.29) is 11.7 Å². The van der Waals surface area contributed by atoms with Gasteiger partial charge < -0.3 is 10.3 Å². The predicted octanol–water partition coefficient (Wildman–Crippen LogP) is 4.20. The van der Waals surface area contributed by atoms with Gasteiger partial charge >= 0.3 is 5.69 Å². The summed E-state index contributed by atoms with van der Waals surface area (Å²) in [6.07, 6.45) is 10.9. The van der Waals surface area contributed by atoms with Gasteiger partial charge in [0.2, 0.25) is 0 Å². The highest BCUT2D eigenvalue weighted by Crippen LogP contribution is 2.24. The van der Waals surface area contributed by atoms with Crippen molar-refractivity contribution in [1.29, 1.82) is 0 Å². The molecular formula is C17H26N4O. The number of pyridine rings is 1. The minimum atomic E-state index is -0.0328. The number of nitrogens with zero attached hydrogens (tertiary/aromatic N) is 2. The smallest absolute Gasteiger partial charge is 0.326 e. The molecule has 5 nitrogen and oxygen atoms in total. The third-order valence-corrected chi connectivity index (χ3v) is 3.88. The van der Waals surface area contributed by atoms with E-state index in [1.807, 2.05) is 29.8 Å². The van der Waals surface area contributed by atoms with Crippen LogP contribution in [0.1, 0.15) is 58.9 Å². The number of aromatic amines is 1. The van der Waals surface area contributed by atoms with E-state index in [9.17, 15) is 4.79 Å². The first kappa shape index (κ1) is 16.3. The van der Waals surface area contributed by atoms with Crippen molar-refractivity contribution < 1.29 is 0 Å². The lowest BCUT2D eigenvalue weighted by atomic mass is 10.0. The van der Waals surface area contributed by atoms with E-state index in [1.165, 1.54) is 0 Å². The Balaban J connectivity index is 2.44. The molecule has 0 fully saturated rings. The van der Waals surface area contributed by atoms with Gasteiger partial charge in [0, 0.05) is 12.1 Å². The zero-order valence-corrected chi connectivity index (χ0v) is 13.7. The molecule has 2 aromatic heterocycles. The van der Waals surface area contributed by atoms with Gasteiger partial charge in [-0.25, -0.2) is 9.78 Å². The number of H-pyrrole nitrogens is 1. The molecule has 22 heavy (non-hydrogen) atoms. The number of allylic oxidation sites excluding steroid dienone is 1. The van der Waals surface area contributed by atoms with Crippen LogP contribution in [0.4, 0.5) is 5.82 Å². The van der Waals surface area contributed by atoms with Crippen LogP contribution in [-0.2, 0) is 0 Å². The first-order valence-corrected chi connectivity index (χ1v) is 8.19. The monoisotopic (exact) mass is 302 g/mol. The molecule has 1 unspecified atom stereocenters. The Morgan fingerprint density at radius 1 is 1.36 bits per heavy atom. The van der Waals surface area contributed by atoms with Crippen LogP contribution in [0.25, 0.3) is 11.0 Å². The Kier molecular flexibility index (Phi) is 5.81. The van der Waals surface area contributed by atoms with Gasteiger partial charge in [0.25, 0.3) is 0 Å². The first-order valence-electron chi connectivity index (χ1n) is 8.19. The number of nitrogens with one attached hydrogen (secondary N) is 2. The van der Waals surface area contributed by atoms with Gasteiger partial charge in [-0.2, -0.15) is 0 Å². The largest absolute Gasteiger partial charge is 0.347 e. The molecule has 0 radical (unpaired) electrons. The van der Waals surface area contributed by atoms with Crippen molar-refractivity contribution in [1.82, 2.24) is 14.5 Å². The second-order valence-electron chi connectivity index (χ2n) is 5.62. The van der Waals surface area contributed by atoms with Gasteiger partial charge in [0.05, 0.1) is 17.2 Å². The zero-order chi connectivity index (χ0) is 15.9. The topological polar surface area (TPSA) is 62.7 Å². The highest BCUT2D eigenvalue weighted by atomic mass is 16.1. The maximum atomic E-state index is 12.4. The molecule has 0 bridgehead atoms. The molecule has 2 N–H and O–H groups in total. The second-order valence-corrected chi connectivity index (χ2v) is 5.62. The summed E-state index contributed by atoms with van der Waals surface area (Å²) in [5, 5.41) is 3.12. The van der Waals surface area contributed by atoms with Crippen LogP contribution in [0.3, 0.4) is 0 Å². The molecule has 0 saturated carbocycles. The zero-order valence-electron chi connectivity index (χ0n) is 13.7. The third kappa shape index (κ3) is 3.59. The average molecular weight is 302 g/mol. The maximum absolute atomic E-state index is 12.4. The fourth-order valence-corrected chi connectivity index (χ4v) is 2.81. The number of aromatic nitrogens is 3. The minimum Gasteiger partial charge on any atom is -0.347 e. The van der Waals surface area contributed by atoms with Gasteiger partial charge in [-0.1, -0.05) is 39.2 Å². The molecule has 2 rings (SSSR count). The van der Waals surface area contributed by atoms with E-state index in [1.54, 1.807) is 6.20 Å². The van der Waals surface area contributed by atoms with Crippen molar-refractivity contribution >= 4 is 16.9 Å². The predicted molar refractivity (Wildman–Crippen MR) is 92.3 cm³/mol. The lowest BCUT2D eigenvalue weighted by Gasteiger charge is -2.18. The van der Waals surface area contributed by atoms with Crippen molar-refractivity contribution in [3.8, 4) is 0 Å². The van der Waals surface area contributed by atoms with E-state index in [0.29, 0.717) is 0 Å². The quantitative estimate of drug-likeness (QED) is 0.768. The lowest BCUT2D eigenvalue weighted by Crippen LogP contribution is -2.22. The second kappa shape index (κ2) is 7.82. The molecule has 120 valence electrons. The molecule has 0 aliphatic carbocycles. The normalized spacial score (nSPS) is 13.0. The summed E-state index contributed by atoms with van der Waals surface area (Å²) in [6.45, 7) is 6.29. The molecule has 0 aliphatic rings. The van der Waals surface area contributed by atoms with Gasteiger partial charge in [-0.3, -0.25) is 4.57 Å². The van der Waals surface area contributed by atoms with Crippen molar-refractivity contribution in [2.24, 2.45) is 0 Å². The van der Waals surface area contributed by atoms with Crippen molar-refractivity contribution in [3.63, 3.8) is 0 Å². The van der Waals surface area contributed by atoms with Crippen LogP contribution in [0.2, 0.25) is 0 Å². The number of hydrogen-bond donors (Lipinski definition) is 2. The molecule has 0 amide bonds. The summed E-state index contributed by atoms with van der Waals surface area (Å²) in [5.74, 6) is 0.754. The highest BCUT2D eigenvalue weighted by Gasteiger charge is 2.16. The Morgan fingerprint density at radius 3 is 2.86 bits per heavy atom. The minimum absolute atomic E-state index is 0.0328. The Labute approximate surface area is 131 Å². The molecule has 0 aromatic carbocycles. The summed E-state index contributed by atoms with van der Waals surface area (Å²) in [7, 11) is 0. The Morgan fingerprint density at radius 2 is 2.18 bits per heavy atom. The summed E-state index contributed by atoms with van der Waals surface area (Å²) in [4.78, 5) is 19.6. The average Bonchev–Trinajstić information content (AvgIpc) is 2.84. The van der Waals surface area contributed by atoms with E-state index in [4.69, 9.17) is 0 Å². The number of hydrogen-bond acceptors (Lipinski definition) is 3. The van der Waals surface area contributed by atoms with Crippen LogP contribution in [-0.4, -0.2) is 14.5 Å². The van der Waals surface area contributed by atoms with Crippen LogP contribution in [0, 0.1) is 0 Å².